The second-order valence-corrected chi connectivity index (χ2v) is 4.50. The first-order chi connectivity index (χ1) is 9.29. The Morgan fingerprint density at radius 2 is 1.63 bits per heavy atom. The van der Waals surface area contributed by atoms with E-state index in [-0.39, 0.29) is 12.1 Å². The summed E-state index contributed by atoms with van der Waals surface area (Å²) >= 11 is 0. The molecule has 1 aliphatic rings. The summed E-state index contributed by atoms with van der Waals surface area (Å²) in [5.41, 5.74) is 0.824. The molecule has 0 N–H and O–H groups in total. The zero-order valence-electron chi connectivity index (χ0n) is 10.6. The Kier molecular flexibility index (Phi) is 2.84. The maximum Gasteiger partial charge on any atom is 0.346 e. The Hall–Kier alpha value is -2.13. The summed E-state index contributed by atoms with van der Waals surface area (Å²) in [5, 5.41) is 0. The first-order valence-electron chi connectivity index (χ1n) is 6.16. The summed E-state index contributed by atoms with van der Waals surface area (Å²) in [7, 11) is 1.39. The van der Waals surface area contributed by atoms with Crippen LogP contribution in [0.2, 0.25) is 0 Å². The highest BCUT2D eigenvalue weighted by atomic mass is 16.7. The maximum absolute atomic E-state index is 12.1. The average Bonchev–Trinajstić information content (AvgIpc) is 3.25. The highest BCUT2D eigenvalue weighted by Gasteiger charge is 2.65. The summed E-state index contributed by atoms with van der Waals surface area (Å²) < 4.78 is 10.7. The van der Waals surface area contributed by atoms with Gasteiger partial charge in [0, 0.05) is 0 Å². The second kappa shape index (κ2) is 4.52. The third-order valence-corrected chi connectivity index (χ3v) is 3.41. The minimum absolute atomic E-state index is 0.274. The Balaban J connectivity index is 2.01. The molecule has 3 rings (SSSR count). The molecule has 1 saturated heterocycles. The van der Waals surface area contributed by atoms with E-state index in [1.54, 1.807) is 0 Å². The number of epoxide rings is 1. The summed E-state index contributed by atoms with van der Waals surface area (Å²) in [6, 6.07) is 19.2. The number of esters is 1. The third-order valence-electron chi connectivity index (χ3n) is 3.41. The average molecular weight is 254 g/mol. The van der Waals surface area contributed by atoms with Gasteiger partial charge in [0.05, 0.1) is 7.11 Å². The van der Waals surface area contributed by atoms with Gasteiger partial charge in [-0.1, -0.05) is 60.7 Å². The van der Waals surface area contributed by atoms with Crippen LogP contribution in [-0.2, 0) is 19.9 Å². The molecule has 2 aromatic rings. The molecule has 1 aliphatic heterocycles. The highest BCUT2D eigenvalue weighted by molar-refractivity contribution is 5.85. The molecule has 0 spiro atoms. The van der Waals surface area contributed by atoms with Crippen molar-refractivity contribution in [1.29, 1.82) is 0 Å². The van der Waals surface area contributed by atoms with Gasteiger partial charge in [-0.25, -0.2) is 4.79 Å². The summed E-state index contributed by atoms with van der Waals surface area (Å²) in [4.78, 5) is 12.1. The molecule has 0 aliphatic carbocycles. The Labute approximate surface area is 111 Å². The Bertz CT molecular complexity index is 579. The van der Waals surface area contributed by atoms with Gasteiger partial charge in [-0.2, -0.15) is 0 Å². The molecule has 2 aromatic carbocycles. The standard InChI is InChI=1S/C16H14O3/c1-18-15(17)16(13-10-6-3-7-11-13)14(19-16)12-8-4-2-5-9-12/h2-11,14H,1H3/t14-,16+/m0/s1. The van der Waals surface area contributed by atoms with Crippen LogP contribution in [0.25, 0.3) is 0 Å². The largest absolute Gasteiger partial charge is 0.467 e. The van der Waals surface area contributed by atoms with Crippen molar-refractivity contribution in [2.75, 3.05) is 7.11 Å². The molecule has 0 saturated carbocycles. The number of hydrogen-bond acceptors (Lipinski definition) is 3. The fourth-order valence-electron chi connectivity index (χ4n) is 2.41. The molecular formula is C16H14O3. The molecule has 0 radical (unpaired) electrons. The maximum atomic E-state index is 12.1. The fraction of sp³-hybridized carbons (Fsp3) is 0.188. The SMILES string of the molecule is COC(=O)[C@]1(c2ccccc2)O[C@H]1c1ccccc1. The van der Waals surface area contributed by atoms with Gasteiger partial charge in [0.1, 0.15) is 6.10 Å². The topological polar surface area (TPSA) is 38.8 Å². The van der Waals surface area contributed by atoms with Crippen molar-refractivity contribution in [3.63, 3.8) is 0 Å². The number of carbonyl (C=O) groups is 1. The minimum Gasteiger partial charge on any atom is -0.467 e. The molecule has 96 valence electrons. The third kappa shape index (κ3) is 1.83. The molecule has 2 atom stereocenters. The van der Waals surface area contributed by atoms with Crippen molar-refractivity contribution in [3.05, 3.63) is 71.8 Å². The van der Waals surface area contributed by atoms with Crippen LogP contribution < -0.4 is 0 Å². The number of hydrogen-bond donors (Lipinski definition) is 0. The van der Waals surface area contributed by atoms with Gasteiger partial charge < -0.3 is 9.47 Å². The van der Waals surface area contributed by atoms with Gasteiger partial charge in [0.15, 0.2) is 0 Å². The van der Waals surface area contributed by atoms with Crippen molar-refractivity contribution >= 4 is 5.97 Å². The van der Waals surface area contributed by atoms with Crippen LogP contribution in [-0.4, -0.2) is 13.1 Å². The van der Waals surface area contributed by atoms with E-state index in [0.717, 1.165) is 11.1 Å². The Morgan fingerprint density at radius 1 is 1.05 bits per heavy atom. The van der Waals surface area contributed by atoms with Crippen LogP contribution in [0.15, 0.2) is 60.7 Å². The van der Waals surface area contributed by atoms with Crippen molar-refractivity contribution < 1.29 is 14.3 Å². The predicted octanol–water partition coefficient (Wildman–Crippen LogP) is 2.83. The van der Waals surface area contributed by atoms with Gasteiger partial charge in [0.25, 0.3) is 0 Å². The number of rotatable bonds is 3. The lowest BCUT2D eigenvalue weighted by molar-refractivity contribution is -0.147. The summed E-state index contributed by atoms with van der Waals surface area (Å²) in [6.07, 6.45) is -0.274. The van der Waals surface area contributed by atoms with Crippen molar-refractivity contribution in [2.45, 2.75) is 11.7 Å². The van der Waals surface area contributed by atoms with Gasteiger partial charge in [-0.05, 0) is 11.1 Å². The molecule has 3 nitrogen and oxygen atoms in total. The van der Waals surface area contributed by atoms with Crippen molar-refractivity contribution in [1.82, 2.24) is 0 Å². The highest BCUT2D eigenvalue weighted by Crippen LogP contribution is 2.57. The fourth-order valence-corrected chi connectivity index (χ4v) is 2.41. The lowest BCUT2D eigenvalue weighted by Crippen LogP contribution is -2.24. The number of methoxy groups -OCH3 is 1. The number of carbonyl (C=O) groups excluding carboxylic acids is 1. The van der Waals surface area contributed by atoms with E-state index >= 15 is 0 Å². The van der Waals surface area contributed by atoms with Crippen molar-refractivity contribution in [3.8, 4) is 0 Å². The van der Waals surface area contributed by atoms with Crippen LogP contribution in [0.1, 0.15) is 17.2 Å². The monoisotopic (exact) mass is 254 g/mol. The van der Waals surface area contributed by atoms with E-state index < -0.39 is 5.60 Å². The van der Waals surface area contributed by atoms with E-state index in [1.165, 1.54) is 7.11 Å². The van der Waals surface area contributed by atoms with Gasteiger partial charge in [-0.15, -0.1) is 0 Å². The van der Waals surface area contributed by atoms with Gasteiger partial charge >= 0.3 is 5.97 Å². The smallest absolute Gasteiger partial charge is 0.346 e. The first-order valence-corrected chi connectivity index (χ1v) is 6.16. The zero-order chi connectivity index (χ0) is 13.3. The van der Waals surface area contributed by atoms with Crippen molar-refractivity contribution in [2.24, 2.45) is 0 Å². The molecule has 0 aromatic heterocycles. The first kappa shape index (κ1) is 11.9. The quantitative estimate of drug-likeness (QED) is 0.624. The molecule has 0 bridgehead atoms. The van der Waals surface area contributed by atoms with E-state index in [1.807, 2.05) is 60.7 Å². The predicted molar refractivity (Wildman–Crippen MR) is 70.4 cm³/mol. The number of ether oxygens (including phenoxy) is 2. The lowest BCUT2D eigenvalue weighted by atomic mass is 9.92. The molecule has 1 fully saturated rings. The molecule has 1 heterocycles. The van der Waals surface area contributed by atoms with Crippen LogP contribution in [0.5, 0.6) is 0 Å². The van der Waals surface area contributed by atoms with Gasteiger partial charge in [0.2, 0.25) is 5.60 Å². The van der Waals surface area contributed by atoms with E-state index in [2.05, 4.69) is 0 Å². The minimum atomic E-state index is -0.989. The summed E-state index contributed by atoms with van der Waals surface area (Å²) in [6.45, 7) is 0. The Morgan fingerprint density at radius 3 is 2.21 bits per heavy atom. The number of benzene rings is 2. The normalized spacial score (nSPS) is 24.8. The lowest BCUT2D eigenvalue weighted by Gasteiger charge is -2.11. The van der Waals surface area contributed by atoms with E-state index in [0.29, 0.717) is 0 Å². The molecule has 0 unspecified atom stereocenters. The van der Waals surface area contributed by atoms with E-state index in [4.69, 9.17) is 9.47 Å². The van der Waals surface area contributed by atoms with E-state index in [9.17, 15) is 4.79 Å². The zero-order valence-corrected chi connectivity index (χ0v) is 10.6. The molecule has 19 heavy (non-hydrogen) atoms. The summed E-state index contributed by atoms with van der Waals surface area (Å²) in [5.74, 6) is -0.354. The van der Waals surface area contributed by atoms with Crippen LogP contribution in [0, 0.1) is 0 Å². The van der Waals surface area contributed by atoms with Crippen LogP contribution in [0.4, 0.5) is 0 Å². The van der Waals surface area contributed by atoms with Crippen LogP contribution in [0.3, 0.4) is 0 Å². The van der Waals surface area contributed by atoms with Crippen LogP contribution >= 0.6 is 0 Å². The second-order valence-electron chi connectivity index (χ2n) is 4.50. The molecule has 3 heteroatoms. The molecular weight excluding hydrogens is 240 g/mol. The molecule has 0 amide bonds. The van der Waals surface area contributed by atoms with Gasteiger partial charge in [-0.3, -0.25) is 0 Å².